The fraction of sp³-hybridized carbons (Fsp3) is 0.333. The highest BCUT2D eigenvalue weighted by molar-refractivity contribution is 5.89. The lowest BCUT2D eigenvalue weighted by Crippen LogP contribution is -2.28. The summed E-state index contributed by atoms with van der Waals surface area (Å²) in [5.74, 6) is 1.21. The zero-order valence-corrected chi connectivity index (χ0v) is 15.7. The van der Waals surface area contributed by atoms with Gasteiger partial charge in [-0.25, -0.2) is 4.79 Å². The van der Waals surface area contributed by atoms with Crippen molar-refractivity contribution in [1.82, 2.24) is 10.2 Å². The molecule has 142 valence electrons. The van der Waals surface area contributed by atoms with Crippen LogP contribution in [0.15, 0.2) is 48.5 Å². The molecule has 0 heterocycles. The molecule has 6 nitrogen and oxygen atoms in total. The monoisotopic (exact) mass is 367 g/mol. The number of nitrogens with zero attached hydrogens (tertiary/aromatic N) is 1. The Bertz CT molecular complexity index is 781. The van der Waals surface area contributed by atoms with Crippen molar-refractivity contribution >= 4 is 17.6 Å². The van der Waals surface area contributed by atoms with Gasteiger partial charge in [0.05, 0.1) is 0 Å². The molecule has 1 saturated carbocycles. The fourth-order valence-corrected chi connectivity index (χ4v) is 2.59. The molecule has 3 amide bonds. The number of nitrogens with one attached hydrogen (secondary N) is 2. The average Bonchev–Trinajstić information content (AvgIpc) is 3.51. The molecule has 2 aromatic carbocycles. The van der Waals surface area contributed by atoms with E-state index in [9.17, 15) is 9.59 Å². The summed E-state index contributed by atoms with van der Waals surface area (Å²) in [6.07, 6.45) is 2.57. The average molecular weight is 367 g/mol. The molecule has 0 bridgehead atoms. The van der Waals surface area contributed by atoms with E-state index in [1.807, 2.05) is 0 Å². The van der Waals surface area contributed by atoms with Gasteiger partial charge >= 0.3 is 6.03 Å². The Balaban J connectivity index is 1.42. The Morgan fingerprint density at radius 1 is 1.04 bits per heavy atom. The third kappa shape index (κ3) is 5.74. The third-order valence-electron chi connectivity index (χ3n) is 4.45. The number of carbonyl (C=O) groups is 2. The highest BCUT2D eigenvalue weighted by Gasteiger charge is 2.22. The lowest BCUT2D eigenvalue weighted by atomic mass is 10.1. The number of urea groups is 1. The van der Waals surface area contributed by atoms with E-state index in [0.717, 1.165) is 11.5 Å². The van der Waals surface area contributed by atoms with Crippen LogP contribution < -0.4 is 15.4 Å². The van der Waals surface area contributed by atoms with Crippen LogP contribution in [-0.4, -0.2) is 37.5 Å². The van der Waals surface area contributed by atoms with Gasteiger partial charge in [0, 0.05) is 26.3 Å². The number of rotatable bonds is 7. The van der Waals surface area contributed by atoms with E-state index in [4.69, 9.17) is 4.74 Å². The van der Waals surface area contributed by atoms with Crippen molar-refractivity contribution in [3.8, 4) is 5.75 Å². The first kappa shape index (κ1) is 18.8. The lowest BCUT2D eigenvalue weighted by molar-refractivity contribution is -0.130. The Kier molecular flexibility index (Phi) is 5.96. The van der Waals surface area contributed by atoms with Gasteiger partial charge in [-0.3, -0.25) is 4.79 Å². The van der Waals surface area contributed by atoms with Crippen molar-refractivity contribution in [3.05, 3.63) is 59.7 Å². The normalized spacial score (nSPS) is 13.0. The third-order valence-corrected chi connectivity index (χ3v) is 4.45. The molecule has 1 aliphatic carbocycles. The highest BCUT2D eigenvalue weighted by atomic mass is 16.5. The van der Waals surface area contributed by atoms with Crippen LogP contribution in [-0.2, 0) is 11.3 Å². The summed E-state index contributed by atoms with van der Waals surface area (Å²) in [4.78, 5) is 25.0. The number of amides is 3. The van der Waals surface area contributed by atoms with Gasteiger partial charge in [-0.1, -0.05) is 24.3 Å². The first-order chi connectivity index (χ1) is 13.0. The first-order valence-corrected chi connectivity index (χ1v) is 9.08. The molecule has 3 rings (SSSR count). The van der Waals surface area contributed by atoms with Crippen LogP contribution in [0, 0.1) is 0 Å². The quantitative estimate of drug-likeness (QED) is 0.788. The Labute approximate surface area is 159 Å². The standard InChI is InChI=1S/C21H25N3O3/c1-24(2)20(25)14-27-19-11-9-18(10-12-19)23-21(26)22-13-15-3-5-16(6-4-15)17-7-8-17/h3-6,9-12,17H,7-8,13-14H2,1-2H3,(H2,22,23,26). The van der Waals surface area contributed by atoms with Crippen LogP contribution in [0.25, 0.3) is 0 Å². The summed E-state index contributed by atoms with van der Waals surface area (Å²) in [6.45, 7) is 0.463. The van der Waals surface area contributed by atoms with Crippen molar-refractivity contribution in [2.45, 2.75) is 25.3 Å². The molecule has 1 fully saturated rings. The molecule has 1 aliphatic rings. The molecule has 0 aliphatic heterocycles. The van der Waals surface area contributed by atoms with E-state index in [1.165, 1.54) is 23.3 Å². The van der Waals surface area contributed by atoms with Crippen LogP contribution in [0.3, 0.4) is 0 Å². The first-order valence-electron chi connectivity index (χ1n) is 9.08. The molecule has 27 heavy (non-hydrogen) atoms. The van der Waals surface area contributed by atoms with Gasteiger partial charge < -0.3 is 20.3 Å². The number of ether oxygens (including phenoxy) is 1. The van der Waals surface area contributed by atoms with E-state index in [1.54, 1.807) is 38.4 Å². The predicted molar refractivity (Wildman–Crippen MR) is 105 cm³/mol. The minimum atomic E-state index is -0.266. The maximum Gasteiger partial charge on any atom is 0.319 e. The second-order valence-corrected chi connectivity index (χ2v) is 6.92. The minimum absolute atomic E-state index is 0.0141. The summed E-state index contributed by atoms with van der Waals surface area (Å²) in [5, 5.41) is 5.63. The predicted octanol–water partition coefficient (Wildman–Crippen LogP) is 3.35. The number of benzene rings is 2. The Morgan fingerprint density at radius 2 is 1.70 bits per heavy atom. The molecule has 0 spiro atoms. The second-order valence-electron chi connectivity index (χ2n) is 6.92. The molecule has 2 aromatic rings. The van der Waals surface area contributed by atoms with Crippen molar-refractivity contribution in [2.24, 2.45) is 0 Å². The number of likely N-dealkylation sites (N-methyl/N-ethyl adjacent to an activating group) is 1. The number of hydrogen-bond donors (Lipinski definition) is 2. The zero-order chi connectivity index (χ0) is 19.2. The van der Waals surface area contributed by atoms with Crippen molar-refractivity contribution in [1.29, 1.82) is 0 Å². The largest absolute Gasteiger partial charge is 0.484 e. The van der Waals surface area contributed by atoms with Crippen molar-refractivity contribution in [3.63, 3.8) is 0 Å². The molecule has 0 saturated heterocycles. The number of hydrogen-bond acceptors (Lipinski definition) is 3. The maximum absolute atomic E-state index is 12.0. The minimum Gasteiger partial charge on any atom is -0.484 e. The van der Waals surface area contributed by atoms with Crippen LogP contribution in [0.4, 0.5) is 10.5 Å². The second kappa shape index (κ2) is 8.58. The lowest BCUT2D eigenvalue weighted by Gasteiger charge is -2.12. The van der Waals surface area contributed by atoms with Gasteiger partial charge in [-0.15, -0.1) is 0 Å². The molecule has 0 aromatic heterocycles. The van der Waals surface area contributed by atoms with E-state index in [2.05, 4.69) is 34.9 Å². The van der Waals surface area contributed by atoms with E-state index < -0.39 is 0 Å². The van der Waals surface area contributed by atoms with Gasteiger partial charge in [0.25, 0.3) is 5.91 Å². The molecule has 0 radical (unpaired) electrons. The summed E-state index contributed by atoms with van der Waals surface area (Å²) in [5.41, 5.74) is 3.12. The van der Waals surface area contributed by atoms with E-state index >= 15 is 0 Å². The molecule has 2 N–H and O–H groups in total. The van der Waals surface area contributed by atoms with Gasteiger partial charge in [0.2, 0.25) is 0 Å². The smallest absolute Gasteiger partial charge is 0.319 e. The van der Waals surface area contributed by atoms with Crippen LogP contribution in [0.1, 0.15) is 29.9 Å². The zero-order valence-electron chi connectivity index (χ0n) is 15.7. The summed E-state index contributed by atoms with van der Waals surface area (Å²) < 4.78 is 5.41. The van der Waals surface area contributed by atoms with Crippen molar-refractivity contribution in [2.75, 3.05) is 26.0 Å². The Hall–Kier alpha value is -3.02. The highest BCUT2D eigenvalue weighted by Crippen LogP contribution is 2.39. The van der Waals surface area contributed by atoms with E-state index in [-0.39, 0.29) is 18.5 Å². The van der Waals surface area contributed by atoms with Crippen molar-refractivity contribution < 1.29 is 14.3 Å². The Morgan fingerprint density at radius 3 is 2.30 bits per heavy atom. The number of anilines is 1. The maximum atomic E-state index is 12.0. The van der Waals surface area contributed by atoms with Gasteiger partial charge in [0.1, 0.15) is 5.75 Å². The number of carbonyl (C=O) groups excluding carboxylic acids is 2. The van der Waals surface area contributed by atoms with Gasteiger partial charge in [-0.2, -0.15) is 0 Å². The fourth-order valence-electron chi connectivity index (χ4n) is 2.59. The van der Waals surface area contributed by atoms with Crippen LogP contribution in [0.5, 0.6) is 5.75 Å². The summed E-state index contributed by atoms with van der Waals surface area (Å²) in [7, 11) is 3.36. The topological polar surface area (TPSA) is 70.7 Å². The summed E-state index contributed by atoms with van der Waals surface area (Å²) in [6, 6.07) is 15.1. The van der Waals surface area contributed by atoms with Gasteiger partial charge in [-0.05, 0) is 54.2 Å². The molecular formula is C21H25N3O3. The molecule has 6 heteroatoms. The molecular weight excluding hydrogens is 342 g/mol. The van der Waals surface area contributed by atoms with Gasteiger partial charge in [0.15, 0.2) is 6.61 Å². The van der Waals surface area contributed by atoms with Crippen LogP contribution in [0.2, 0.25) is 0 Å². The van der Waals surface area contributed by atoms with Crippen LogP contribution >= 0.6 is 0 Å². The SMILES string of the molecule is CN(C)C(=O)COc1ccc(NC(=O)NCc2ccc(C3CC3)cc2)cc1. The molecule has 0 atom stereocenters. The molecule has 0 unspecified atom stereocenters. The summed E-state index contributed by atoms with van der Waals surface area (Å²) >= 11 is 0. The van der Waals surface area contributed by atoms with E-state index in [0.29, 0.717) is 18.0 Å².